The number of rotatable bonds is 6. The lowest BCUT2D eigenvalue weighted by atomic mass is 10.1. The van der Waals surface area contributed by atoms with Crippen LogP contribution in [0.2, 0.25) is 0 Å². The van der Waals surface area contributed by atoms with E-state index in [4.69, 9.17) is 4.74 Å². The normalized spacial score (nSPS) is 11.4. The molecular formula is C12H19N7O. The molecule has 8 heteroatoms. The van der Waals surface area contributed by atoms with E-state index in [9.17, 15) is 0 Å². The fourth-order valence-corrected chi connectivity index (χ4v) is 1.36. The highest BCUT2D eigenvalue weighted by molar-refractivity contribution is 5.29. The predicted octanol–water partition coefficient (Wildman–Crippen LogP) is 1.45. The van der Waals surface area contributed by atoms with E-state index in [-0.39, 0.29) is 11.6 Å². The van der Waals surface area contributed by atoms with Gasteiger partial charge in [0.1, 0.15) is 18.3 Å². The molecule has 2 heterocycles. The van der Waals surface area contributed by atoms with Crippen LogP contribution in [0.5, 0.6) is 6.01 Å². The second kappa shape index (κ2) is 5.81. The van der Waals surface area contributed by atoms with E-state index in [0.717, 1.165) is 6.42 Å². The van der Waals surface area contributed by atoms with Crippen molar-refractivity contribution in [3.05, 3.63) is 12.7 Å². The quantitative estimate of drug-likeness (QED) is 0.854. The molecule has 0 aliphatic rings. The van der Waals surface area contributed by atoms with E-state index < -0.39 is 0 Å². The maximum absolute atomic E-state index is 5.81. The Hall–Kier alpha value is -2.25. The first-order valence-electron chi connectivity index (χ1n) is 6.58. The summed E-state index contributed by atoms with van der Waals surface area (Å²) in [5.74, 6) is 0.824. The van der Waals surface area contributed by atoms with Gasteiger partial charge in [0, 0.05) is 6.54 Å². The first kappa shape index (κ1) is 14.2. The number of hydrogen-bond donors (Lipinski definition) is 1. The van der Waals surface area contributed by atoms with E-state index in [0.29, 0.717) is 18.4 Å². The van der Waals surface area contributed by atoms with Crippen LogP contribution in [-0.2, 0) is 0 Å². The van der Waals surface area contributed by atoms with E-state index in [1.807, 2.05) is 27.7 Å². The van der Waals surface area contributed by atoms with Gasteiger partial charge in [0.05, 0.1) is 0 Å². The van der Waals surface area contributed by atoms with Crippen LogP contribution in [0, 0.1) is 0 Å². The van der Waals surface area contributed by atoms with Crippen molar-refractivity contribution in [3.63, 3.8) is 0 Å². The lowest BCUT2D eigenvalue weighted by Gasteiger charge is -2.23. The van der Waals surface area contributed by atoms with Gasteiger partial charge in [-0.25, -0.2) is 4.98 Å². The van der Waals surface area contributed by atoms with Crippen molar-refractivity contribution >= 4 is 5.95 Å². The maximum atomic E-state index is 5.81. The molecule has 2 aromatic heterocycles. The largest absolute Gasteiger partial charge is 0.457 e. The van der Waals surface area contributed by atoms with Crippen LogP contribution in [-0.4, -0.2) is 41.9 Å². The van der Waals surface area contributed by atoms with Crippen LogP contribution in [0.15, 0.2) is 12.7 Å². The molecule has 0 bridgehead atoms. The van der Waals surface area contributed by atoms with Gasteiger partial charge in [0.2, 0.25) is 5.95 Å². The van der Waals surface area contributed by atoms with Gasteiger partial charge in [0.15, 0.2) is 0 Å². The zero-order chi connectivity index (χ0) is 14.6. The Labute approximate surface area is 117 Å². The zero-order valence-electron chi connectivity index (χ0n) is 12.2. The molecule has 0 aliphatic heterocycles. The van der Waals surface area contributed by atoms with E-state index in [1.165, 1.54) is 17.3 Å². The van der Waals surface area contributed by atoms with Crippen molar-refractivity contribution in [2.75, 3.05) is 11.9 Å². The Morgan fingerprint density at radius 3 is 2.65 bits per heavy atom. The number of anilines is 1. The molecular weight excluding hydrogens is 258 g/mol. The van der Waals surface area contributed by atoms with Gasteiger partial charge in [-0.05, 0) is 27.2 Å². The molecule has 0 amide bonds. The number of aromatic nitrogens is 6. The Morgan fingerprint density at radius 2 is 2.05 bits per heavy atom. The standard InChI is InChI=1S/C12H19N7O/c1-5-12(3,4)20-11-17-9(14-6-2)16-10(18-11)19-8-13-7-15-19/h7-8H,5-6H2,1-4H3,(H,14,16,17,18). The molecule has 1 N–H and O–H groups in total. The van der Waals surface area contributed by atoms with Crippen LogP contribution < -0.4 is 10.1 Å². The van der Waals surface area contributed by atoms with Crippen LogP contribution in [0.1, 0.15) is 34.1 Å². The number of ether oxygens (including phenoxy) is 1. The summed E-state index contributed by atoms with van der Waals surface area (Å²) in [6.45, 7) is 8.69. The topological polar surface area (TPSA) is 90.6 Å². The summed E-state index contributed by atoms with van der Waals surface area (Å²) in [4.78, 5) is 16.7. The van der Waals surface area contributed by atoms with Crippen molar-refractivity contribution in [1.29, 1.82) is 0 Å². The lowest BCUT2D eigenvalue weighted by Crippen LogP contribution is -2.28. The Bertz CT molecular complexity index is 553. The van der Waals surface area contributed by atoms with E-state index >= 15 is 0 Å². The monoisotopic (exact) mass is 277 g/mol. The second-order valence-electron chi connectivity index (χ2n) is 4.83. The highest BCUT2D eigenvalue weighted by atomic mass is 16.5. The molecule has 2 rings (SSSR count). The van der Waals surface area contributed by atoms with Crippen molar-refractivity contribution in [2.45, 2.75) is 39.7 Å². The highest BCUT2D eigenvalue weighted by Gasteiger charge is 2.20. The summed E-state index contributed by atoms with van der Waals surface area (Å²) in [5, 5.41) is 7.07. The van der Waals surface area contributed by atoms with Gasteiger partial charge < -0.3 is 10.1 Å². The van der Waals surface area contributed by atoms with Gasteiger partial charge in [-0.3, -0.25) is 0 Å². The van der Waals surface area contributed by atoms with Crippen LogP contribution in [0.3, 0.4) is 0 Å². The summed E-state index contributed by atoms with van der Waals surface area (Å²) in [5.41, 5.74) is -0.343. The molecule has 0 spiro atoms. The fraction of sp³-hybridized carbons (Fsp3) is 0.583. The van der Waals surface area contributed by atoms with Gasteiger partial charge >= 0.3 is 6.01 Å². The molecule has 0 saturated carbocycles. The van der Waals surface area contributed by atoms with Gasteiger partial charge in [0.25, 0.3) is 5.95 Å². The smallest absolute Gasteiger partial charge is 0.323 e. The summed E-state index contributed by atoms with van der Waals surface area (Å²) < 4.78 is 7.28. The average Bonchev–Trinajstić information content (AvgIpc) is 2.92. The highest BCUT2D eigenvalue weighted by Crippen LogP contribution is 2.18. The average molecular weight is 277 g/mol. The van der Waals surface area contributed by atoms with Crippen molar-refractivity contribution in [2.24, 2.45) is 0 Å². The first-order chi connectivity index (χ1) is 9.54. The molecule has 2 aromatic rings. The summed E-state index contributed by atoms with van der Waals surface area (Å²) in [7, 11) is 0. The molecule has 0 atom stereocenters. The van der Waals surface area contributed by atoms with Crippen LogP contribution in [0.4, 0.5) is 5.95 Å². The minimum atomic E-state index is -0.343. The van der Waals surface area contributed by atoms with Crippen molar-refractivity contribution < 1.29 is 4.74 Å². The Kier molecular flexibility index (Phi) is 4.11. The third kappa shape index (κ3) is 3.40. The predicted molar refractivity (Wildman–Crippen MR) is 73.9 cm³/mol. The fourth-order valence-electron chi connectivity index (χ4n) is 1.36. The SMILES string of the molecule is CCNc1nc(OC(C)(C)CC)nc(-n2cncn2)n1. The third-order valence-electron chi connectivity index (χ3n) is 2.78. The van der Waals surface area contributed by atoms with E-state index in [2.05, 4.69) is 30.4 Å². The molecule has 0 aliphatic carbocycles. The lowest BCUT2D eigenvalue weighted by molar-refractivity contribution is 0.0922. The first-order valence-corrected chi connectivity index (χ1v) is 6.58. The summed E-state index contributed by atoms with van der Waals surface area (Å²) in [6.07, 6.45) is 3.79. The molecule has 20 heavy (non-hydrogen) atoms. The van der Waals surface area contributed by atoms with Crippen molar-refractivity contribution in [3.8, 4) is 12.0 Å². The second-order valence-corrected chi connectivity index (χ2v) is 4.83. The molecule has 8 nitrogen and oxygen atoms in total. The maximum Gasteiger partial charge on any atom is 0.323 e. The van der Waals surface area contributed by atoms with Crippen molar-refractivity contribution in [1.82, 2.24) is 29.7 Å². The molecule has 0 radical (unpaired) electrons. The zero-order valence-corrected chi connectivity index (χ0v) is 12.2. The minimum absolute atomic E-state index is 0.272. The van der Waals surface area contributed by atoms with Crippen LogP contribution >= 0.6 is 0 Å². The number of nitrogens with zero attached hydrogens (tertiary/aromatic N) is 6. The molecule has 0 unspecified atom stereocenters. The van der Waals surface area contributed by atoms with Gasteiger partial charge in [-0.15, -0.1) is 0 Å². The van der Waals surface area contributed by atoms with E-state index in [1.54, 1.807) is 0 Å². The Balaban J connectivity index is 2.36. The third-order valence-corrected chi connectivity index (χ3v) is 2.78. The molecule has 108 valence electrons. The van der Waals surface area contributed by atoms with Gasteiger partial charge in [-0.2, -0.15) is 24.7 Å². The Morgan fingerprint density at radius 1 is 1.25 bits per heavy atom. The number of nitrogens with one attached hydrogen (secondary N) is 1. The summed E-state index contributed by atoms with van der Waals surface area (Å²) in [6, 6.07) is 0.272. The molecule has 0 saturated heterocycles. The summed E-state index contributed by atoms with van der Waals surface area (Å²) >= 11 is 0. The molecule has 0 aromatic carbocycles. The van der Waals surface area contributed by atoms with Crippen LogP contribution in [0.25, 0.3) is 5.95 Å². The number of hydrogen-bond acceptors (Lipinski definition) is 7. The molecule has 0 fully saturated rings. The minimum Gasteiger partial charge on any atom is -0.457 e. The van der Waals surface area contributed by atoms with Gasteiger partial charge in [-0.1, -0.05) is 6.92 Å².